The maximum atomic E-state index is 11.5. The number of amides is 1. The maximum absolute atomic E-state index is 11.5. The Labute approximate surface area is 131 Å². The molecule has 0 aliphatic carbocycles. The summed E-state index contributed by atoms with van der Waals surface area (Å²) in [5, 5.41) is 2.81. The Hall–Kier alpha value is -2.55. The summed E-state index contributed by atoms with van der Waals surface area (Å²) in [6.45, 7) is 2.68. The third kappa shape index (κ3) is 5.09. The second-order valence-corrected chi connectivity index (χ2v) is 4.89. The van der Waals surface area contributed by atoms with Gasteiger partial charge in [-0.2, -0.15) is 0 Å². The Balaban J connectivity index is 2.08. The van der Waals surface area contributed by atoms with Crippen LogP contribution in [0.1, 0.15) is 24.0 Å². The zero-order valence-corrected chi connectivity index (χ0v) is 12.7. The van der Waals surface area contributed by atoms with Crippen molar-refractivity contribution < 1.29 is 9.53 Å². The van der Waals surface area contributed by atoms with E-state index in [1.54, 1.807) is 6.92 Å². The van der Waals surface area contributed by atoms with Crippen LogP contribution in [0.3, 0.4) is 0 Å². The van der Waals surface area contributed by atoms with Crippen molar-refractivity contribution in [1.82, 2.24) is 5.32 Å². The van der Waals surface area contributed by atoms with Crippen LogP contribution in [0, 0.1) is 0 Å². The van der Waals surface area contributed by atoms with E-state index in [0.29, 0.717) is 13.2 Å². The lowest BCUT2D eigenvalue weighted by Gasteiger charge is -2.14. The van der Waals surface area contributed by atoms with Gasteiger partial charge in [-0.3, -0.25) is 0 Å². The van der Waals surface area contributed by atoms with Gasteiger partial charge in [0.15, 0.2) is 0 Å². The van der Waals surface area contributed by atoms with Gasteiger partial charge in [-0.05, 0) is 18.1 Å². The summed E-state index contributed by atoms with van der Waals surface area (Å²) in [6, 6.07) is 20.2. The van der Waals surface area contributed by atoms with Crippen LogP contribution in [0.4, 0.5) is 4.79 Å². The average Bonchev–Trinajstić information content (AvgIpc) is 2.57. The quantitative estimate of drug-likeness (QED) is 0.866. The largest absolute Gasteiger partial charge is 0.450 e. The standard InChI is InChI=1S/C19H21NO2/c1-2-22-19(21)20-15-18(17-11-7-4-8-12-17)14-13-16-9-5-3-6-10-16/h3-14,18H,2,15H2,1H3,(H,20,21). The molecule has 0 radical (unpaired) electrons. The van der Waals surface area contributed by atoms with Crippen molar-refractivity contribution in [3.05, 3.63) is 77.9 Å². The van der Waals surface area contributed by atoms with Crippen molar-refractivity contribution in [3.63, 3.8) is 0 Å². The Kier molecular flexibility index (Phi) is 6.24. The number of rotatable bonds is 6. The lowest BCUT2D eigenvalue weighted by Crippen LogP contribution is -2.28. The number of carbonyl (C=O) groups is 1. The van der Waals surface area contributed by atoms with Gasteiger partial charge in [0.05, 0.1) is 6.61 Å². The normalized spacial score (nSPS) is 12.0. The predicted molar refractivity (Wildman–Crippen MR) is 89.7 cm³/mol. The molecule has 0 bridgehead atoms. The van der Waals surface area contributed by atoms with Crippen LogP contribution < -0.4 is 5.32 Å². The number of ether oxygens (including phenoxy) is 1. The molecule has 0 saturated carbocycles. The first-order valence-corrected chi connectivity index (χ1v) is 7.48. The van der Waals surface area contributed by atoms with Crippen LogP contribution in [0.2, 0.25) is 0 Å². The molecule has 22 heavy (non-hydrogen) atoms. The van der Waals surface area contributed by atoms with Gasteiger partial charge in [-0.25, -0.2) is 4.79 Å². The Morgan fingerprint density at radius 2 is 1.73 bits per heavy atom. The molecule has 0 heterocycles. The Morgan fingerprint density at radius 3 is 2.36 bits per heavy atom. The first-order valence-electron chi connectivity index (χ1n) is 7.48. The molecule has 2 aromatic rings. The second-order valence-electron chi connectivity index (χ2n) is 4.89. The summed E-state index contributed by atoms with van der Waals surface area (Å²) < 4.78 is 4.92. The molecule has 1 amide bonds. The molecule has 114 valence electrons. The molecule has 0 aliphatic rings. The van der Waals surface area contributed by atoms with E-state index in [1.807, 2.05) is 36.4 Å². The minimum Gasteiger partial charge on any atom is -0.450 e. The second kappa shape index (κ2) is 8.67. The Bertz CT molecular complexity index is 593. The van der Waals surface area contributed by atoms with Crippen molar-refractivity contribution in [1.29, 1.82) is 0 Å². The zero-order valence-electron chi connectivity index (χ0n) is 12.7. The van der Waals surface area contributed by atoms with E-state index >= 15 is 0 Å². The highest BCUT2D eigenvalue weighted by atomic mass is 16.5. The van der Waals surface area contributed by atoms with Crippen LogP contribution in [-0.4, -0.2) is 19.2 Å². The molecule has 1 atom stereocenters. The average molecular weight is 295 g/mol. The van der Waals surface area contributed by atoms with Gasteiger partial charge < -0.3 is 10.1 Å². The van der Waals surface area contributed by atoms with Crippen molar-refractivity contribution in [2.45, 2.75) is 12.8 Å². The molecular formula is C19H21NO2. The summed E-state index contributed by atoms with van der Waals surface area (Å²) in [5.74, 6) is 0.103. The SMILES string of the molecule is CCOC(=O)NCC(C=Cc1ccccc1)c1ccccc1. The predicted octanol–water partition coefficient (Wildman–Crippen LogP) is 4.23. The molecule has 2 rings (SSSR count). The van der Waals surface area contributed by atoms with Gasteiger partial charge >= 0.3 is 6.09 Å². The first-order chi connectivity index (χ1) is 10.8. The molecule has 3 heteroatoms. The molecule has 2 aromatic carbocycles. The van der Waals surface area contributed by atoms with E-state index in [-0.39, 0.29) is 12.0 Å². The van der Waals surface area contributed by atoms with E-state index in [0.717, 1.165) is 11.1 Å². The number of hydrogen-bond acceptors (Lipinski definition) is 2. The van der Waals surface area contributed by atoms with Gasteiger partial charge in [-0.15, -0.1) is 0 Å². The molecule has 1 unspecified atom stereocenters. The van der Waals surface area contributed by atoms with E-state index in [9.17, 15) is 4.79 Å². The summed E-state index contributed by atoms with van der Waals surface area (Å²) in [7, 11) is 0. The third-order valence-electron chi connectivity index (χ3n) is 3.29. The van der Waals surface area contributed by atoms with Crippen LogP contribution in [0.5, 0.6) is 0 Å². The fourth-order valence-corrected chi connectivity index (χ4v) is 2.16. The number of benzene rings is 2. The van der Waals surface area contributed by atoms with Crippen molar-refractivity contribution >= 4 is 12.2 Å². The third-order valence-corrected chi connectivity index (χ3v) is 3.29. The minimum atomic E-state index is -0.378. The fourth-order valence-electron chi connectivity index (χ4n) is 2.16. The molecule has 0 saturated heterocycles. The summed E-state index contributed by atoms with van der Waals surface area (Å²) in [6.07, 6.45) is 3.80. The lowest BCUT2D eigenvalue weighted by atomic mass is 9.97. The van der Waals surface area contributed by atoms with E-state index < -0.39 is 0 Å². The van der Waals surface area contributed by atoms with Crippen LogP contribution in [0.15, 0.2) is 66.7 Å². The monoisotopic (exact) mass is 295 g/mol. The zero-order chi connectivity index (χ0) is 15.6. The number of alkyl carbamates (subject to hydrolysis) is 1. The van der Waals surface area contributed by atoms with Crippen molar-refractivity contribution in [2.24, 2.45) is 0 Å². The van der Waals surface area contributed by atoms with Gasteiger partial charge in [0.1, 0.15) is 0 Å². The maximum Gasteiger partial charge on any atom is 0.407 e. The van der Waals surface area contributed by atoms with Crippen LogP contribution in [-0.2, 0) is 4.74 Å². The highest BCUT2D eigenvalue weighted by molar-refractivity contribution is 5.67. The summed E-state index contributed by atoms with van der Waals surface area (Å²) in [4.78, 5) is 11.5. The highest BCUT2D eigenvalue weighted by Crippen LogP contribution is 2.18. The van der Waals surface area contributed by atoms with Gasteiger partial charge in [0, 0.05) is 12.5 Å². The molecule has 0 fully saturated rings. The first kappa shape index (κ1) is 15.8. The smallest absolute Gasteiger partial charge is 0.407 e. The van der Waals surface area contributed by atoms with Crippen molar-refractivity contribution in [3.8, 4) is 0 Å². The van der Waals surface area contributed by atoms with E-state index in [2.05, 4.69) is 41.7 Å². The molecular weight excluding hydrogens is 274 g/mol. The lowest BCUT2D eigenvalue weighted by molar-refractivity contribution is 0.152. The summed E-state index contributed by atoms with van der Waals surface area (Å²) >= 11 is 0. The van der Waals surface area contributed by atoms with Gasteiger partial charge in [0.25, 0.3) is 0 Å². The number of carbonyl (C=O) groups excluding carboxylic acids is 1. The molecule has 0 aliphatic heterocycles. The molecule has 3 nitrogen and oxygen atoms in total. The number of nitrogens with one attached hydrogen (secondary N) is 1. The van der Waals surface area contributed by atoms with Crippen LogP contribution in [0.25, 0.3) is 6.08 Å². The minimum absolute atomic E-state index is 0.103. The fraction of sp³-hybridized carbons (Fsp3) is 0.211. The summed E-state index contributed by atoms with van der Waals surface area (Å²) in [5.41, 5.74) is 2.30. The highest BCUT2D eigenvalue weighted by Gasteiger charge is 2.10. The number of hydrogen-bond donors (Lipinski definition) is 1. The van der Waals surface area contributed by atoms with Crippen LogP contribution >= 0.6 is 0 Å². The van der Waals surface area contributed by atoms with Gasteiger partial charge in [-0.1, -0.05) is 72.8 Å². The van der Waals surface area contributed by atoms with Crippen molar-refractivity contribution in [2.75, 3.05) is 13.2 Å². The van der Waals surface area contributed by atoms with Gasteiger partial charge in [0.2, 0.25) is 0 Å². The topological polar surface area (TPSA) is 38.3 Å². The Morgan fingerprint density at radius 1 is 1.09 bits per heavy atom. The molecule has 0 aromatic heterocycles. The van der Waals surface area contributed by atoms with E-state index in [4.69, 9.17) is 4.74 Å². The van der Waals surface area contributed by atoms with E-state index in [1.165, 1.54) is 0 Å². The molecule has 0 spiro atoms. The molecule has 1 N–H and O–H groups in total.